The van der Waals surface area contributed by atoms with E-state index in [1.165, 1.54) is 23.1 Å². The minimum Gasteiger partial charge on any atom is -0.489 e. The summed E-state index contributed by atoms with van der Waals surface area (Å²) in [6.45, 7) is 0.429. The monoisotopic (exact) mass is 746 g/mol. The Morgan fingerprint density at radius 2 is 1.46 bits per heavy atom. The molecule has 0 unspecified atom stereocenters. The smallest absolute Gasteiger partial charge is 0.272 e. The number of hydrogen-bond acceptors (Lipinski definition) is 7. The van der Waals surface area contributed by atoms with Gasteiger partial charge in [0.05, 0.1) is 11.4 Å². The third-order valence-electron chi connectivity index (χ3n) is 8.23. The molecule has 0 saturated heterocycles. The quantitative estimate of drug-likeness (QED) is 0.0801. The van der Waals surface area contributed by atoms with Crippen molar-refractivity contribution < 1.29 is 19.1 Å². The van der Waals surface area contributed by atoms with Crippen LogP contribution in [0.2, 0.25) is 0 Å². The van der Waals surface area contributed by atoms with Crippen LogP contribution >= 0.6 is 23.1 Å². The van der Waals surface area contributed by atoms with E-state index in [0.717, 1.165) is 32.5 Å². The number of aromatic nitrogens is 1. The lowest BCUT2D eigenvalue weighted by atomic mass is 10.1. The standard InChI is InChI=1S/C44H34N4O4S2/c49-41(48-44-47-40(28-54-44)35-21-20-32-12-7-8-15-34(32)25-35)29-53-38-17-9-16-36(26-38)45-43(51)39(46-42(50)33-13-5-2-6-14-33)24-30-18-22-37(23-19-30)52-27-31-10-3-1-4-11-31/h1-26,28H,27,29H2,(H,45,51)(H,46,50)(H,47,48,49)/b39-24-. The van der Waals surface area contributed by atoms with Crippen LogP contribution in [0.3, 0.4) is 0 Å². The first-order valence-electron chi connectivity index (χ1n) is 17.1. The second kappa shape index (κ2) is 17.4. The van der Waals surface area contributed by atoms with Crippen molar-refractivity contribution in [2.75, 3.05) is 16.4 Å². The number of carbonyl (C=O) groups is 3. The van der Waals surface area contributed by atoms with Crippen LogP contribution in [0.5, 0.6) is 5.75 Å². The number of amides is 3. The average Bonchev–Trinajstić information content (AvgIpc) is 3.68. The van der Waals surface area contributed by atoms with E-state index in [-0.39, 0.29) is 17.4 Å². The molecule has 54 heavy (non-hydrogen) atoms. The predicted octanol–water partition coefficient (Wildman–Crippen LogP) is 9.68. The highest BCUT2D eigenvalue weighted by atomic mass is 32.2. The van der Waals surface area contributed by atoms with Crippen molar-refractivity contribution in [3.63, 3.8) is 0 Å². The van der Waals surface area contributed by atoms with Gasteiger partial charge in [-0.2, -0.15) is 0 Å². The van der Waals surface area contributed by atoms with Gasteiger partial charge in [-0.3, -0.25) is 14.4 Å². The number of benzene rings is 6. The van der Waals surface area contributed by atoms with Crippen molar-refractivity contribution in [2.24, 2.45) is 0 Å². The summed E-state index contributed by atoms with van der Waals surface area (Å²) in [7, 11) is 0. The Hall–Kier alpha value is -6.49. The molecule has 0 aliphatic heterocycles. The zero-order valence-electron chi connectivity index (χ0n) is 28.9. The Bertz CT molecular complexity index is 2430. The van der Waals surface area contributed by atoms with E-state index in [4.69, 9.17) is 4.74 Å². The molecule has 0 saturated carbocycles. The van der Waals surface area contributed by atoms with Crippen molar-refractivity contribution >= 4 is 68.5 Å². The molecule has 0 atom stereocenters. The molecule has 0 radical (unpaired) electrons. The van der Waals surface area contributed by atoms with Crippen LogP contribution in [-0.2, 0) is 16.2 Å². The van der Waals surface area contributed by atoms with Crippen molar-refractivity contribution in [3.05, 3.63) is 179 Å². The largest absolute Gasteiger partial charge is 0.489 e. The molecule has 266 valence electrons. The normalized spacial score (nSPS) is 11.1. The minimum absolute atomic E-state index is 0.0609. The summed E-state index contributed by atoms with van der Waals surface area (Å²) in [5.41, 5.74) is 4.52. The number of hydrogen-bond donors (Lipinski definition) is 3. The Kier molecular flexibility index (Phi) is 11.5. The van der Waals surface area contributed by atoms with Gasteiger partial charge >= 0.3 is 0 Å². The van der Waals surface area contributed by atoms with Crippen LogP contribution in [0.4, 0.5) is 10.8 Å². The molecule has 0 spiro atoms. The Labute approximate surface area is 320 Å². The Morgan fingerprint density at radius 1 is 0.722 bits per heavy atom. The van der Waals surface area contributed by atoms with Gasteiger partial charge in [-0.05, 0) is 76.5 Å². The number of thioether (sulfide) groups is 1. The van der Waals surface area contributed by atoms with Gasteiger partial charge in [0.2, 0.25) is 5.91 Å². The average molecular weight is 747 g/mol. The number of carbonyl (C=O) groups excluding carboxylic acids is 3. The lowest BCUT2D eigenvalue weighted by Gasteiger charge is -2.12. The van der Waals surface area contributed by atoms with Gasteiger partial charge in [0, 0.05) is 27.1 Å². The highest BCUT2D eigenvalue weighted by Gasteiger charge is 2.16. The highest BCUT2D eigenvalue weighted by Crippen LogP contribution is 2.29. The number of fused-ring (bicyclic) bond motifs is 1. The van der Waals surface area contributed by atoms with E-state index in [1.807, 2.05) is 90.3 Å². The summed E-state index contributed by atoms with van der Waals surface area (Å²) in [6, 6.07) is 47.4. The molecule has 1 heterocycles. The number of nitrogens with one attached hydrogen (secondary N) is 3. The molecule has 1 aromatic heterocycles. The van der Waals surface area contributed by atoms with Gasteiger partial charge in [0.25, 0.3) is 11.8 Å². The summed E-state index contributed by atoms with van der Waals surface area (Å²) in [5, 5.41) is 13.3. The summed E-state index contributed by atoms with van der Waals surface area (Å²) in [5.74, 6) is -0.296. The molecule has 6 aromatic carbocycles. The second-order valence-corrected chi connectivity index (χ2v) is 14.0. The van der Waals surface area contributed by atoms with Gasteiger partial charge in [-0.15, -0.1) is 23.1 Å². The molecule has 3 amide bonds. The van der Waals surface area contributed by atoms with Crippen molar-refractivity contribution in [1.82, 2.24) is 10.3 Å². The minimum atomic E-state index is -0.505. The maximum atomic E-state index is 13.7. The fourth-order valence-corrected chi connectivity index (χ4v) is 6.98. The molecular weight excluding hydrogens is 713 g/mol. The van der Waals surface area contributed by atoms with E-state index >= 15 is 0 Å². The number of anilines is 2. The number of rotatable bonds is 13. The summed E-state index contributed by atoms with van der Waals surface area (Å²) < 4.78 is 5.91. The van der Waals surface area contributed by atoms with Crippen LogP contribution in [0.15, 0.2) is 168 Å². The molecule has 8 nitrogen and oxygen atoms in total. The topological polar surface area (TPSA) is 109 Å². The SMILES string of the molecule is O=C(CSc1cccc(NC(=O)/C(=C/c2ccc(OCc3ccccc3)cc2)NC(=O)c2ccccc2)c1)Nc1nc(-c2ccc3ccccc3c2)cs1. The van der Waals surface area contributed by atoms with E-state index in [1.54, 1.807) is 48.5 Å². The lowest BCUT2D eigenvalue weighted by molar-refractivity contribution is -0.114. The zero-order valence-corrected chi connectivity index (χ0v) is 30.5. The van der Waals surface area contributed by atoms with Crippen molar-refractivity contribution in [2.45, 2.75) is 11.5 Å². The maximum Gasteiger partial charge on any atom is 0.272 e. The van der Waals surface area contributed by atoms with Gasteiger partial charge in [-0.1, -0.05) is 103 Å². The molecule has 3 N–H and O–H groups in total. The van der Waals surface area contributed by atoms with Crippen molar-refractivity contribution in [3.8, 4) is 17.0 Å². The lowest BCUT2D eigenvalue weighted by Crippen LogP contribution is -2.30. The Morgan fingerprint density at radius 3 is 2.26 bits per heavy atom. The molecule has 7 rings (SSSR count). The molecule has 10 heteroatoms. The molecule has 0 fully saturated rings. The third-order valence-corrected chi connectivity index (χ3v) is 9.98. The van der Waals surface area contributed by atoms with E-state index in [9.17, 15) is 14.4 Å². The van der Waals surface area contributed by atoms with Crippen LogP contribution in [0, 0.1) is 0 Å². The van der Waals surface area contributed by atoms with Crippen molar-refractivity contribution in [1.29, 1.82) is 0 Å². The summed E-state index contributed by atoms with van der Waals surface area (Å²) in [4.78, 5) is 45.1. The van der Waals surface area contributed by atoms with E-state index in [0.29, 0.717) is 34.3 Å². The van der Waals surface area contributed by atoms with Crippen LogP contribution in [0.1, 0.15) is 21.5 Å². The fourth-order valence-electron chi connectivity index (χ4n) is 5.49. The zero-order chi connectivity index (χ0) is 37.1. The fraction of sp³-hybridized carbons (Fsp3) is 0.0455. The van der Waals surface area contributed by atoms with Gasteiger partial charge in [0.1, 0.15) is 18.1 Å². The number of thiazole rings is 1. The molecule has 0 aliphatic rings. The number of ether oxygens (including phenoxy) is 1. The third kappa shape index (κ3) is 9.68. The van der Waals surface area contributed by atoms with Gasteiger partial charge in [0.15, 0.2) is 5.13 Å². The van der Waals surface area contributed by atoms with Gasteiger partial charge < -0.3 is 20.7 Å². The molecule has 0 bridgehead atoms. The second-order valence-electron chi connectivity index (χ2n) is 12.1. The summed E-state index contributed by atoms with van der Waals surface area (Å²) >= 11 is 2.71. The van der Waals surface area contributed by atoms with Gasteiger partial charge in [-0.25, -0.2) is 4.98 Å². The number of nitrogens with zero attached hydrogens (tertiary/aromatic N) is 1. The Balaban J connectivity index is 0.983. The van der Waals surface area contributed by atoms with Crippen LogP contribution < -0.4 is 20.7 Å². The maximum absolute atomic E-state index is 13.7. The first kappa shape index (κ1) is 35.9. The van der Waals surface area contributed by atoms with E-state index in [2.05, 4.69) is 45.2 Å². The first-order chi connectivity index (χ1) is 26.4. The summed E-state index contributed by atoms with van der Waals surface area (Å²) in [6.07, 6.45) is 1.62. The molecular formula is C44H34N4O4S2. The first-order valence-corrected chi connectivity index (χ1v) is 19.0. The van der Waals surface area contributed by atoms with E-state index < -0.39 is 11.8 Å². The molecule has 7 aromatic rings. The predicted molar refractivity (Wildman–Crippen MR) is 219 cm³/mol. The van der Waals surface area contributed by atoms with Crippen LogP contribution in [-0.4, -0.2) is 28.5 Å². The highest BCUT2D eigenvalue weighted by molar-refractivity contribution is 8.00. The molecule has 0 aliphatic carbocycles. The van der Waals surface area contributed by atoms with Crippen LogP contribution in [0.25, 0.3) is 28.1 Å².